The van der Waals surface area contributed by atoms with E-state index in [4.69, 9.17) is 9.26 Å². The summed E-state index contributed by atoms with van der Waals surface area (Å²) in [5.74, 6) is 2.34. The van der Waals surface area contributed by atoms with Gasteiger partial charge in [-0.1, -0.05) is 16.8 Å². The average molecular weight is 446 g/mol. The number of carbonyl (C=O) groups excluding carboxylic acids is 1. The first-order valence-electron chi connectivity index (χ1n) is 11.3. The lowest BCUT2D eigenvalue weighted by molar-refractivity contribution is -0.132. The number of hydrogen-bond acceptors (Lipinski definition) is 6. The first-order chi connectivity index (χ1) is 16.1. The van der Waals surface area contributed by atoms with Gasteiger partial charge in [0.1, 0.15) is 5.75 Å². The lowest BCUT2D eigenvalue weighted by Crippen LogP contribution is -2.38. The molecular formula is C25H27N5O3. The van der Waals surface area contributed by atoms with Crippen molar-refractivity contribution in [2.75, 3.05) is 20.2 Å². The van der Waals surface area contributed by atoms with Gasteiger partial charge in [-0.25, -0.2) is 0 Å². The van der Waals surface area contributed by atoms with Crippen molar-refractivity contribution in [2.24, 2.45) is 0 Å². The van der Waals surface area contributed by atoms with Crippen LogP contribution in [0.25, 0.3) is 22.3 Å². The number of benzene rings is 2. The summed E-state index contributed by atoms with van der Waals surface area (Å²) < 4.78 is 12.7. The number of carbonyl (C=O) groups is 1. The zero-order chi connectivity index (χ0) is 22.8. The van der Waals surface area contributed by atoms with Gasteiger partial charge in [-0.05, 0) is 56.2 Å². The summed E-state index contributed by atoms with van der Waals surface area (Å²) in [6.45, 7) is 4.05. The van der Waals surface area contributed by atoms with Gasteiger partial charge in [0.25, 0.3) is 0 Å². The molecule has 3 heterocycles. The predicted molar refractivity (Wildman–Crippen MR) is 124 cm³/mol. The second-order valence-electron chi connectivity index (χ2n) is 8.52. The number of methoxy groups -OCH3 is 1. The van der Waals surface area contributed by atoms with Gasteiger partial charge in [-0.15, -0.1) is 0 Å². The van der Waals surface area contributed by atoms with Crippen molar-refractivity contribution in [2.45, 2.75) is 38.6 Å². The Balaban J connectivity index is 1.15. The fourth-order valence-electron chi connectivity index (χ4n) is 4.38. The molecule has 0 aliphatic carbocycles. The van der Waals surface area contributed by atoms with E-state index in [0.29, 0.717) is 37.8 Å². The number of nitrogens with zero attached hydrogens (tertiary/aromatic N) is 5. The summed E-state index contributed by atoms with van der Waals surface area (Å²) in [4.78, 5) is 19.3. The average Bonchev–Trinajstić information content (AvgIpc) is 3.50. The number of aryl methyl sites for hydroxylation is 2. The van der Waals surface area contributed by atoms with E-state index in [0.717, 1.165) is 35.1 Å². The number of rotatable bonds is 6. The van der Waals surface area contributed by atoms with Crippen LogP contribution in [0, 0.1) is 6.92 Å². The normalized spacial score (nSPS) is 14.7. The molecule has 2 aromatic carbocycles. The molecule has 8 nitrogen and oxygen atoms in total. The van der Waals surface area contributed by atoms with Gasteiger partial charge in [-0.3, -0.25) is 9.48 Å². The highest BCUT2D eigenvalue weighted by Crippen LogP contribution is 2.29. The third kappa shape index (κ3) is 4.46. The van der Waals surface area contributed by atoms with Gasteiger partial charge in [0.05, 0.1) is 25.4 Å². The second kappa shape index (κ2) is 9.05. The lowest BCUT2D eigenvalue weighted by atomic mass is 9.96. The minimum atomic E-state index is 0.161. The van der Waals surface area contributed by atoms with E-state index in [1.165, 1.54) is 5.56 Å². The molecule has 1 saturated heterocycles. The number of hydrogen-bond donors (Lipinski definition) is 0. The van der Waals surface area contributed by atoms with Crippen LogP contribution in [-0.4, -0.2) is 50.9 Å². The van der Waals surface area contributed by atoms with E-state index < -0.39 is 0 Å². The first-order valence-corrected chi connectivity index (χ1v) is 11.3. The van der Waals surface area contributed by atoms with Gasteiger partial charge in [-0.2, -0.15) is 10.1 Å². The maximum absolute atomic E-state index is 12.8. The highest BCUT2D eigenvalue weighted by Gasteiger charge is 2.27. The van der Waals surface area contributed by atoms with Crippen molar-refractivity contribution in [1.82, 2.24) is 24.8 Å². The van der Waals surface area contributed by atoms with Gasteiger partial charge >= 0.3 is 0 Å². The van der Waals surface area contributed by atoms with Crippen LogP contribution in [0.1, 0.15) is 36.6 Å². The number of aromatic nitrogens is 4. The molecule has 8 heteroatoms. The van der Waals surface area contributed by atoms with E-state index in [1.807, 2.05) is 40.0 Å². The Hall–Kier alpha value is -3.68. The molecule has 170 valence electrons. The Bertz CT molecular complexity index is 1250. The summed E-state index contributed by atoms with van der Waals surface area (Å²) >= 11 is 0. The van der Waals surface area contributed by atoms with E-state index in [2.05, 4.69) is 40.4 Å². The fourth-order valence-corrected chi connectivity index (χ4v) is 4.38. The summed E-state index contributed by atoms with van der Waals surface area (Å²) in [6, 6.07) is 13.8. The molecule has 33 heavy (non-hydrogen) atoms. The standard InChI is InChI=1S/C25H27N5O3/c1-17-3-8-22-20(15-17)16-26-30(22)14-11-23(31)29-12-9-19(10-13-29)25-27-24(28-33-25)18-4-6-21(32-2)7-5-18/h3-8,15-16,19H,9-14H2,1-2H3. The summed E-state index contributed by atoms with van der Waals surface area (Å²) in [6.07, 6.45) is 3.94. The monoisotopic (exact) mass is 445 g/mol. The molecule has 2 aromatic heterocycles. The third-order valence-corrected chi connectivity index (χ3v) is 6.32. The zero-order valence-corrected chi connectivity index (χ0v) is 18.9. The lowest BCUT2D eigenvalue weighted by Gasteiger charge is -2.30. The second-order valence-corrected chi connectivity index (χ2v) is 8.52. The molecule has 0 radical (unpaired) electrons. The topological polar surface area (TPSA) is 86.3 Å². The molecule has 0 spiro atoms. The van der Waals surface area contributed by atoms with Crippen molar-refractivity contribution in [3.05, 3.63) is 60.1 Å². The molecule has 1 fully saturated rings. The molecule has 0 bridgehead atoms. The van der Waals surface area contributed by atoms with E-state index in [1.54, 1.807) is 7.11 Å². The van der Waals surface area contributed by atoms with Crippen molar-refractivity contribution in [1.29, 1.82) is 0 Å². The molecule has 0 atom stereocenters. The Labute approximate surface area is 192 Å². The van der Waals surface area contributed by atoms with Crippen LogP contribution in [0.15, 0.2) is 53.2 Å². The SMILES string of the molecule is COc1ccc(-c2noc(C3CCN(C(=O)CCn4ncc5cc(C)ccc54)CC3)n2)cc1. The maximum Gasteiger partial charge on any atom is 0.230 e. The predicted octanol–water partition coefficient (Wildman–Crippen LogP) is 4.20. The van der Waals surface area contributed by atoms with Crippen LogP contribution in [0.2, 0.25) is 0 Å². The third-order valence-electron chi connectivity index (χ3n) is 6.32. The molecule has 4 aromatic rings. The van der Waals surface area contributed by atoms with Crippen molar-refractivity contribution < 1.29 is 14.1 Å². The zero-order valence-electron chi connectivity index (χ0n) is 18.9. The van der Waals surface area contributed by atoms with Crippen LogP contribution >= 0.6 is 0 Å². The number of fused-ring (bicyclic) bond motifs is 1. The molecular weight excluding hydrogens is 418 g/mol. The van der Waals surface area contributed by atoms with Crippen LogP contribution in [-0.2, 0) is 11.3 Å². The highest BCUT2D eigenvalue weighted by atomic mass is 16.5. The number of piperidine rings is 1. The summed E-state index contributed by atoms with van der Waals surface area (Å²) in [5.41, 5.74) is 3.16. The van der Waals surface area contributed by atoms with Crippen LogP contribution in [0.3, 0.4) is 0 Å². The van der Waals surface area contributed by atoms with Crippen molar-refractivity contribution >= 4 is 16.8 Å². The van der Waals surface area contributed by atoms with Gasteiger partial charge < -0.3 is 14.2 Å². The van der Waals surface area contributed by atoms with E-state index in [-0.39, 0.29) is 11.8 Å². The molecule has 1 aliphatic heterocycles. The Kier molecular flexibility index (Phi) is 5.81. The largest absolute Gasteiger partial charge is 0.497 e. The Morgan fingerprint density at radius 3 is 2.70 bits per heavy atom. The maximum atomic E-state index is 12.8. The van der Waals surface area contributed by atoms with Crippen LogP contribution < -0.4 is 4.74 Å². The number of amides is 1. The highest BCUT2D eigenvalue weighted by molar-refractivity contribution is 5.80. The molecule has 1 amide bonds. The van der Waals surface area contributed by atoms with Crippen molar-refractivity contribution in [3.63, 3.8) is 0 Å². The quantitative estimate of drug-likeness (QED) is 0.442. The minimum absolute atomic E-state index is 0.161. The molecule has 0 unspecified atom stereocenters. The Morgan fingerprint density at radius 2 is 1.94 bits per heavy atom. The molecule has 0 N–H and O–H groups in total. The first kappa shape index (κ1) is 21.2. The molecule has 5 rings (SSSR count). The number of likely N-dealkylation sites (tertiary alicyclic amines) is 1. The minimum Gasteiger partial charge on any atom is -0.497 e. The molecule has 0 saturated carbocycles. The van der Waals surface area contributed by atoms with Crippen molar-refractivity contribution in [3.8, 4) is 17.1 Å². The van der Waals surface area contributed by atoms with Gasteiger partial charge in [0.2, 0.25) is 17.6 Å². The fraction of sp³-hybridized carbons (Fsp3) is 0.360. The van der Waals surface area contributed by atoms with E-state index >= 15 is 0 Å². The van der Waals surface area contributed by atoms with Gasteiger partial charge in [0.15, 0.2) is 0 Å². The van der Waals surface area contributed by atoms with Crippen LogP contribution in [0.4, 0.5) is 0 Å². The molecule has 1 aliphatic rings. The van der Waals surface area contributed by atoms with Crippen LogP contribution in [0.5, 0.6) is 5.75 Å². The summed E-state index contributed by atoms with van der Waals surface area (Å²) in [7, 11) is 1.64. The number of ether oxygens (including phenoxy) is 1. The van der Waals surface area contributed by atoms with E-state index in [9.17, 15) is 4.79 Å². The summed E-state index contributed by atoms with van der Waals surface area (Å²) in [5, 5.41) is 9.70. The smallest absolute Gasteiger partial charge is 0.230 e. The Morgan fingerprint density at radius 1 is 1.15 bits per heavy atom. The van der Waals surface area contributed by atoms with Gasteiger partial charge in [0, 0.05) is 36.4 Å².